The fraction of sp³-hybridized carbons (Fsp3) is 0.812. The van der Waals surface area contributed by atoms with Crippen molar-refractivity contribution in [2.45, 2.75) is 51.7 Å². The smallest absolute Gasteiger partial charge is 0.249 e. The minimum absolute atomic E-state index is 0.0348. The number of rotatable bonds is 4. The largest absolute Gasteiger partial charge is 0.423 e. The van der Waals surface area contributed by atoms with E-state index in [4.69, 9.17) is 13.9 Å². The third kappa shape index (κ3) is 4.09. The van der Waals surface area contributed by atoms with Crippen LogP contribution in [0.3, 0.4) is 0 Å². The maximum absolute atomic E-state index is 12.6. The number of nitrogens with zero attached hydrogens (tertiary/aromatic N) is 3. The third-order valence-corrected chi connectivity index (χ3v) is 4.61. The zero-order chi connectivity index (χ0) is 16.2. The van der Waals surface area contributed by atoms with Crippen LogP contribution in [0.25, 0.3) is 0 Å². The normalized spacial score (nSPS) is 28.8. The summed E-state index contributed by atoms with van der Waals surface area (Å²) in [6.45, 7) is 5.52. The summed E-state index contributed by atoms with van der Waals surface area (Å²) in [6, 6.07) is -0.314. The van der Waals surface area contributed by atoms with Crippen molar-refractivity contribution >= 4 is 5.91 Å². The van der Waals surface area contributed by atoms with E-state index in [0.717, 1.165) is 12.8 Å². The lowest BCUT2D eigenvalue weighted by molar-refractivity contribution is -0.149. The molecule has 23 heavy (non-hydrogen) atoms. The second-order valence-corrected chi connectivity index (χ2v) is 6.54. The first-order valence-electron chi connectivity index (χ1n) is 8.42. The van der Waals surface area contributed by atoms with Crippen LogP contribution in [0.15, 0.2) is 4.42 Å². The van der Waals surface area contributed by atoms with E-state index >= 15 is 0 Å². The highest BCUT2D eigenvalue weighted by molar-refractivity contribution is 5.78. The van der Waals surface area contributed by atoms with E-state index < -0.39 is 0 Å². The Morgan fingerprint density at radius 2 is 2.26 bits per heavy atom. The average Bonchev–Trinajstić information content (AvgIpc) is 2.99. The molecule has 0 spiro atoms. The first-order valence-corrected chi connectivity index (χ1v) is 8.42. The van der Waals surface area contributed by atoms with Crippen molar-refractivity contribution in [3.8, 4) is 0 Å². The van der Waals surface area contributed by atoms with Crippen molar-refractivity contribution in [2.24, 2.45) is 5.92 Å². The molecule has 2 fully saturated rings. The van der Waals surface area contributed by atoms with Crippen LogP contribution in [0.1, 0.15) is 50.4 Å². The van der Waals surface area contributed by atoms with E-state index in [9.17, 15) is 4.79 Å². The highest BCUT2D eigenvalue weighted by Gasteiger charge is 2.33. The molecule has 0 aromatic carbocycles. The Hall–Kier alpha value is -1.47. The molecule has 0 N–H and O–H groups in total. The van der Waals surface area contributed by atoms with Crippen LogP contribution in [0.2, 0.25) is 0 Å². The van der Waals surface area contributed by atoms with Crippen LogP contribution in [-0.2, 0) is 14.3 Å². The van der Waals surface area contributed by atoms with Crippen molar-refractivity contribution in [2.75, 3.05) is 26.4 Å². The van der Waals surface area contributed by atoms with Crippen LogP contribution >= 0.6 is 0 Å². The van der Waals surface area contributed by atoms with E-state index in [1.807, 2.05) is 0 Å². The van der Waals surface area contributed by atoms with Crippen molar-refractivity contribution in [1.82, 2.24) is 15.1 Å². The molecule has 3 rings (SSSR count). The molecule has 7 nitrogen and oxygen atoms in total. The highest BCUT2D eigenvalue weighted by Crippen LogP contribution is 2.27. The Kier molecular flexibility index (Phi) is 5.27. The maximum atomic E-state index is 12.6. The second-order valence-electron chi connectivity index (χ2n) is 6.54. The van der Waals surface area contributed by atoms with Crippen LogP contribution in [0.5, 0.6) is 0 Å². The summed E-state index contributed by atoms with van der Waals surface area (Å²) in [5, 5.41) is 7.87. The SMILES string of the molecule is Cc1nnc([C@@H]2COCCN2C(=O)CO[C@@H]2CCC[C@H](C)C2)o1. The van der Waals surface area contributed by atoms with Gasteiger partial charge in [-0.25, -0.2) is 0 Å². The van der Waals surface area contributed by atoms with Crippen molar-refractivity contribution < 1.29 is 18.7 Å². The average molecular weight is 323 g/mol. The quantitative estimate of drug-likeness (QED) is 0.842. The lowest BCUT2D eigenvalue weighted by Gasteiger charge is -2.34. The monoisotopic (exact) mass is 323 g/mol. The van der Waals surface area contributed by atoms with Gasteiger partial charge >= 0.3 is 0 Å². The molecule has 2 aliphatic rings. The minimum atomic E-state index is -0.314. The second kappa shape index (κ2) is 7.40. The number of morpholine rings is 1. The molecule has 0 unspecified atom stereocenters. The molecule has 0 bridgehead atoms. The number of carbonyl (C=O) groups excluding carboxylic acids is 1. The Balaban J connectivity index is 1.58. The van der Waals surface area contributed by atoms with E-state index in [1.54, 1.807) is 11.8 Å². The Labute approximate surface area is 136 Å². The van der Waals surface area contributed by atoms with Crippen LogP contribution in [-0.4, -0.2) is 53.5 Å². The summed E-state index contributed by atoms with van der Waals surface area (Å²) in [7, 11) is 0. The van der Waals surface area contributed by atoms with Gasteiger partial charge in [0.2, 0.25) is 17.7 Å². The molecular weight excluding hydrogens is 298 g/mol. The standard InChI is InChI=1S/C16H25N3O4/c1-11-4-3-5-13(8-11)22-10-15(20)19-6-7-21-9-14(19)16-18-17-12(2)23-16/h11,13-14H,3-10H2,1-2H3/t11-,13+,14-/m0/s1. The summed E-state index contributed by atoms with van der Waals surface area (Å²) in [6.07, 6.45) is 4.74. The lowest BCUT2D eigenvalue weighted by atomic mass is 9.89. The van der Waals surface area contributed by atoms with E-state index in [1.165, 1.54) is 12.8 Å². The first kappa shape index (κ1) is 16.4. The summed E-state index contributed by atoms with van der Waals surface area (Å²) in [5.74, 6) is 1.57. The number of hydrogen-bond donors (Lipinski definition) is 0. The van der Waals surface area contributed by atoms with E-state index in [0.29, 0.717) is 37.5 Å². The molecule has 1 aliphatic carbocycles. The van der Waals surface area contributed by atoms with Gasteiger partial charge in [0.15, 0.2) is 0 Å². The molecule has 128 valence electrons. The molecule has 0 radical (unpaired) electrons. The Bertz CT molecular complexity index is 533. The Morgan fingerprint density at radius 3 is 3.00 bits per heavy atom. The summed E-state index contributed by atoms with van der Waals surface area (Å²) in [5.41, 5.74) is 0. The highest BCUT2D eigenvalue weighted by atomic mass is 16.5. The van der Waals surface area contributed by atoms with Gasteiger partial charge in [-0.1, -0.05) is 19.8 Å². The number of aromatic nitrogens is 2. The number of aryl methyl sites for hydroxylation is 1. The molecule has 7 heteroatoms. The summed E-state index contributed by atoms with van der Waals surface area (Å²) in [4.78, 5) is 14.3. The topological polar surface area (TPSA) is 77.7 Å². The van der Waals surface area contributed by atoms with Crippen LogP contribution < -0.4 is 0 Å². The lowest BCUT2D eigenvalue weighted by Crippen LogP contribution is -2.45. The van der Waals surface area contributed by atoms with Gasteiger partial charge in [-0.2, -0.15) is 0 Å². The van der Waals surface area contributed by atoms with E-state index in [2.05, 4.69) is 17.1 Å². The molecule has 1 aromatic heterocycles. The molecule has 1 saturated carbocycles. The van der Waals surface area contributed by atoms with Gasteiger partial charge in [-0.15, -0.1) is 10.2 Å². The zero-order valence-electron chi connectivity index (χ0n) is 13.9. The Morgan fingerprint density at radius 1 is 1.39 bits per heavy atom. The van der Waals surface area contributed by atoms with Gasteiger partial charge in [0.05, 0.1) is 19.3 Å². The van der Waals surface area contributed by atoms with Gasteiger partial charge in [0, 0.05) is 13.5 Å². The number of hydrogen-bond acceptors (Lipinski definition) is 6. The maximum Gasteiger partial charge on any atom is 0.249 e. The fourth-order valence-corrected chi connectivity index (χ4v) is 3.36. The number of carbonyl (C=O) groups is 1. The van der Waals surface area contributed by atoms with Crippen molar-refractivity contribution in [1.29, 1.82) is 0 Å². The molecular formula is C16H25N3O4. The van der Waals surface area contributed by atoms with Gasteiger partial charge in [-0.05, 0) is 18.8 Å². The minimum Gasteiger partial charge on any atom is -0.423 e. The predicted molar refractivity (Wildman–Crippen MR) is 81.7 cm³/mol. The molecule has 1 amide bonds. The van der Waals surface area contributed by atoms with Gasteiger partial charge in [0.1, 0.15) is 12.6 Å². The molecule has 3 atom stereocenters. The molecule has 2 heterocycles. The van der Waals surface area contributed by atoms with Crippen LogP contribution in [0.4, 0.5) is 0 Å². The van der Waals surface area contributed by atoms with Gasteiger partial charge in [-0.3, -0.25) is 4.79 Å². The first-order chi connectivity index (χ1) is 11.1. The molecule has 1 aliphatic heterocycles. The number of amides is 1. The van der Waals surface area contributed by atoms with E-state index in [-0.39, 0.29) is 24.7 Å². The third-order valence-electron chi connectivity index (χ3n) is 4.61. The molecule has 1 saturated heterocycles. The number of ether oxygens (including phenoxy) is 2. The summed E-state index contributed by atoms with van der Waals surface area (Å²) >= 11 is 0. The predicted octanol–water partition coefficient (Wildman–Crippen LogP) is 1.87. The fourth-order valence-electron chi connectivity index (χ4n) is 3.36. The zero-order valence-corrected chi connectivity index (χ0v) is 13.9. The summed E-state index contributed by atoms with van der Waals surface area (Å²) < 4.78 is 16.8. The van der Waals surface area contributed by atoms with Gasteiger partial charge in [0.25, 0.3) is 0 Å². The molecule has 1 aromatic rings. The van der Waals surface area contributed by atoms with Crippen molar-refractivity contribution in [3.05, 3.63) is 11.8 Å². The van der Waals surface area contributed by atoms with Crippen LogP contribution in [0, 0.1) is 12.8 Å². The van der Waals surface area contributed by atoms with Gasteiger partial charge < -0.3 is 18.8 Å². The van der Waals surface area contributed by atoms with Crippen molar-refractivity contribution in [3.63, 3.8) is 0 Å².